The van der Waals surface area contributed by atoms with Crippen LogP contribution in [-0.4, -0.2) is 22.8 Å². The normalized spacial score (nSPS) is 9.85. The third-order valence-corrected chi connectivity index (χ3v) is 1.26. The Hall–Kier alpha value is -1.62. The minimum atomic E-state index is -1.11. The zero-order chi connectivity index (χ0) is 9.68. The summed E-state index contributed by atoms with van der Waals surface area (Å²) in [7, 11) is 0. The molecule has 1 rings (SSSR count). The number of carboxylic acid groups (broad SMARTS) is 1. The predicted octanol–water partition coefficient (Wildman–Crippen LogP) is 1.08. The van der Waals surface area contributed by atoms with Gasteiger partial charge in [-0.3, -0.25) is 0 Å². The minimum Gasteiger partial charge on any atom is -0.476 e. The van der Waals surface area contributed by atoms with E-state index < -0.39 is 5.97 Å². The Morgan fingerprint density at radius 2 is 2.62 bits per heavy atom. The van der Waals surface area contributed by atoms with Gasteiger partial charge in [0.2, 0.25) is 0 Å². The van der Waals surface area contributed by atoms with Crippen molar-refractivity contribution in [1.82, 2.24) is 5.16 Å². The summed E-state index contributed by atoms with van der Waals surface area (Å²) in [6.45, 7) is 4.05. The molecule has 1 aromatic rings. The molecule has 0 fully saturated rings. The van der Waals surface area contributed by atoms with Gasteiger partial charge in [-0.05, 0) is 0 Å². The Bertz CT molecular complexity index is 305. The van der Waals surface area contributed by atoms with Gasteiger partial charge in [0.25, 0.3) is 0 Å². The second kappa shape index (κ2) is 4.42. The van der Waals surface area contributed by atoms with Crippen LogP contribution < -0.4 is 0 Å². The molecule has 0 spiro atoms. The number of nitrogens with zero attached hydrogens (tertiary/aromatic N) is 1. The van der Waals surface area contributed by atoms with Crippen molar-refractivity contribution in [2.24, 2.45) is 0 Å². The van der Waals surface area contributed by atoms with Gasteiger partial charge in [-0.1, -0.05) is 11.2 Å². The molecule has 70 valence electrons. The Morgan fingerprint density at radius 1 is 1.85 bits per heavy atom. The lowest BCUT2D eigenvalue weighted by atomic mass is 10.4. The molecule has 1 heterocycles. The third kappa shape index (κ3) is 2.72. The summed E-state index contributed by atoms with van der Waals surface area (Å²) in [4.78, 5) is 10.4. The predicted molar refractivity (Wildman–Crippen MR) is 43.3 cm³/mol. The highest BCUT2D eigenvalue weighted by Crippen LogP contribution is 2.04. The van der Waals surface area contributed by atoms with Gasteiger partial charge in [0.1, 0.15) is 6.61 Å². The zero-order valence-corrected chi connectivity index (χ0v) is 6.90. The fourth-order valence-electron chi connectivity index (χ4n) is 0.725. The first-order valence-electron chi connectivity index (χ1n) is 3.61. The molecule has 0 bridgehead atoms. The topological polar surface area (TPSA) is 72.6 Å². The first-order valence-corrected chi connectivity index (χ1v) is 3.61. The van der Waals surface area contributed by atoms with Crippen molar-refractivity contribution < 1.29 is 19.2 Å². The largest absolute Gasteiger partial charge is 0.476 e. The first-order chi connectivity index (χ1) is 6.24. The van der Waals surface area contributed by atoms with Crippen LogP contribution in [0.15, 0.2) is 23.2 Å². The summed E-state index contributed by atoms with van der Waals surface area (Å²) in [6, 6.07) is 1.32. The van der Waals surface area contributed by atoms with E-state index in [1.54, 1.807) is 6.08 Å². The number of aromatic carboxylic acids is 1. The summed E-state index contributed by atoms with van der Waals surface area (Å²) < 4.78 is 9.70. The van der Waals surface area contributed by atoms with Crippen molar-refractivity contribution in [3.63, 3.8) is 0 Å². The fourth-order valence-corrected chi connectivity index (χ4v) is 0.725. The van der Waals surface area contributed by atoms with Crippen molar-refractivity contribution in [3.05, 3.63) is 30.2 Å². The highest BCUT2D eigenvalue weighted by Gasteiger charge is 2.09. The summed E-state index contributed by atoms with van der Waals surface area (Å²) in [5.74, 6) is -0.724. The van der Waals surface area contributed by atoms with Gasteiger partial charge >= 0.3 is 5.97 Å². The van der Waals surface area contributed by atoms with E-state index in [9.17, 15) is 4.79 Å². The van der Waals surface area contributed by atoms with Gasteiger partial charge in [0, 0.05) is 6.07 Å². The number of carboxylic acids is 1. The molecule has 5 nitrogen and oxygen atoms in total. The van der Waals surface area contributed by atoms with Crippen LogP contribution in [0.1, 0.15) is 16.2 Å². The van der Waals surface area contributed by atoms with Crippen molar-refractivity contribution in [2.45, 2.75) is 6.61 Å². The summed E-state index contributed by atoms with van der Waals surface area (Å²) in [5, 5.41) is 11.8. The molecule has 0 saturated heterocycles. The van der Waals surface area contributed by atoms with Crippen LogP contribution in [0.4, 0.5) is 0 Å². The molecule has 1 aromatic heterocycles. The monoisotopic (exact) mass is 183 g/mol. The van der Waals surface area contributed by atoms with Crippen LogP contribution in [0.25, 0.3) is 0 Å². The zero-order valence-electron chi connectivity index (χ0n) is 6.90. The highest BCUT2D eigenvalue weighted by molar-refractivity contribution is 5.85. The highest BCUT2D eigenvalue weighted by atomic mass is 16.5. The Morgan fingerprint density at radius 3 is 3.15 bits per heavy atom. The summed E-state index contributed by atoms with van der Waals surface area (Å²) in [5.41, 5.74) is -0.114. The van der Waals surface area contributed by atoms with Crippen molar-refractivity contribution in [1.29, 1.82) is 0 Å². The third-order valence-electron chi connectivity index (χ3n) is 1.26. The van der Waals surface area contributed by atoms with Crippen LogP contribution in [-0.2, 0) is 11.3 Å². The van der Waals surface area contributed by atoms with E-state index in [0.29, 0.717) is 12.4 Å². The molecule has 0 aliphatic rings. The number of carbonyl (C=O) groups is 1. The minimum absolute atomic E-state index is 0.114. The molecule has 0 aliphatic carbocycles. The van der Waals surface area contributed by atoms with Gasteiger partial charge in [-0.2, -0.15) is 0 Å². The first kappa shape index (κ1) is 9.47. The molecular formula is C8H9NO4. The fraction of sp³-hybridized carbons (Fsp3) is 0.250. The van der Waals surface area contributed by atoms with Gasteiger partial charge in [-0.25, -0.2) is 4.79 Å². The van der Waals surface area contributed by atoms with E-state index in [1.165, 1.54) is 6.07 Å². The lowest BCUT2D eigenvalue weighted by Gasteiger charge is -1.93. The molecule has 13 heavy (non-hydrogen) atoms. The molecule has 0 unspecified atom stereocenters. The molecule has 1 N–H and O–H groups in total. The number of rotatable bonds is 5. The average Bonchev–Trinajstić information content (AvgIpc) is 2.53. The van der Waals surface area contributed by atoms with E-state index >= 15 is 0 Å². The molecule has 0 radical (unpaired) electrons. The molecule has 0 aliphatic heterocycles. The van der Waals surface area contributed by atoms with Gasteiger partial charge in [0.05, 0.1) is 6.61 Å². The molecule has 0 aromatic carbocycles. The number of ether oxygens (including phenoxy) is 1. The average molecular weight is 183 g/mol. The molecular weight excluding hydrogens is 174 g/mol. The van der Waals surface area contributed by atoms with E-state index in [-0.39, 0.29) is 12.3 Å². The lowest BCUT2D eigenvalue weighted by molar-refractivity contribution is 0.0685. The van der Waals surface area contributed by atoms with Crippen LogP contribution in [0.3, 0.4) is 0 Å². The van der Waals surface area contributed by atoms with Crippen LogP contribution >= 0.6 is 0 Å². The molecule has 0 atom stereocenters. The molecule has 0 amide bonds. The van der Waals surface area contributed by atoms with Crippen molar-refractivity contribution >= 4 is 5.97 Å². The summed E-state index contributed by atoms with van der Waals surface area (Å²) in [6.07, 6.45) is 1.59. The quantitative estimate of drug-likeness (QED) is 0.546. The lowest BCUT2D eigenvalue weighted by Crippen LogP contribution is -1.95. The van der Waals surface area contributed by atoms with E-state index in [2.05, 4.69) is 16.3 Å². The molecule has 0 saturated carbocycles. The Kier molecular flexibility index (Phi) is 3.22. The van der Waals surface area contributed by atoms with E-state index in [1.807, 2.05) is 0 Å². The van der Waals surface area contributed by atoms with E-state index in [4.69, 9.17) is 9.84 Å². The Labute approximate surface area is 74.6 Å². The smallest absolute Gasteiger partial charge is 0.358 e. The second-order valence-corrected chi connectivity index (χ2v) is 2.29. The molecule has 5 heteroatoms. The number of hydrogen-bond acceptors (Lipinski definition) is 4. The number of aromatic nitrogens is 1. The number of hydrogen-bond donors (Lipinski definition) is 1. The SMILES string of the molecule is C=CCOCc1cc(C(=O)O)no1. The maximum absolute atomic E-state index is 10.4. The van der Waals surface area contributed by atoms with Gasteiger partial charge in [0.15, 0.2) is 11.5 Å². The van der Waals surface area contributed by atoms with Gasteiger partial charge in [-0.15, -0.1) is 6.58 Å². The van der Waals surface area contributed by atoms with Crippen LogP contribution in [0, 0.1) is 0 Å². The maximum atomic E-state index is 10.4. The van der Waals surface area contributed by atoms with Crippen LogP contribution in [0.2, 0.25) is 0 Å². The summed E-state index contributed by atoms with van der Waals surface area (Å²) >= 11 is 0. The van der Waals surface area contributed by atoms with Crippen molar-refractivity contribution in [3.8, 4) is 0 Å². The second-order valence-electron chi connectivity index (χ2n) is 2.29. The Balaban J connectivity index is 2.49. The van der Waals surface area contributed by atoms with Crippen molar-refractivity contribution in [2.75, 3.05) is 6.61 Å². The van der Waals surface area contributed by atoms with E-state index in [0.717, 1.165) is 0 Å². The maximum Gasteiger partial charge on any atom is 0.358 e. The van der Waals surface area contributed by atoms with Crippen LogP contribution in [0.5, 0.6) is 0 Å². The van der Waals surface area contributed by atoms with Gasteiger partial charge < -0.3 is 14.4 Å². The standard InChI is InChI=1S/C8H9NO4/c1-2-3-12-5-6-4-7(8(10)11)9-13-6/h2,4H,1,3,5H2,(H,10,11).